The lowest BCUT2D eigenvalue weighted by molar-refractivity contribution is 0.0602. The largest absolute Gasteiger partial charge is 0.465 e. The van der Waals surface area contributed by atoms with Gasteiger partial charge < -0.3 is 15.5 Å². The van der Waals surface area contributed by atoms with Gasteiger partial charge in [0.1, 0.15) is 11.4 Å². The van der Waals surface area contributed by atoms with Crippen molar-refractivity contribution in [2.24, 2.45) is 0 Å². The first-order valence-corrected chi connectivity index (χ1v) is 5.67. The topological polar surface area (TPSA) is 68.1 Å². The van der Waals surface area contributed by atoms with Crippen LogP contribution in [-0.4, -0.2) is 18.1 Å². The maximum Gasteiger partial charge on any atom is 0.341 e. The van der Waals surface area contributed by atoms with Crippen molar-refractivity contribution in [1.82, 2.24) is 4.98 Å². The minimum Gasteiger partial charge on any atom is -0.465 e. The van der Waals surface area contributed by atoms with E-state index in [1.165, 1.54) is 12.7 Å². The number of aromatic nitrogens is 1. The molecule has 0 atom stereocenters. The second-order valence-corrected chi connectivity index (χ2v) is 4.32. The van der Waals surface area contributed by atoms with E-state index < -0.39 is 5.97 Å². The van der Waals surface area contributed by atoms with Gasteiger partial charge in [-0.15, -0.1) is 0 Å². The van der Waals surface area contributed by atoms with Crippen LogP contribution in [0.4, 0.5) is 5.82 Å². The Bertz CT molecular complexity index is 600. The number of carbonyl (C=O) groups is 1. The maximum atomic E-state index is 11.5. The fraction of sp³-hybridized carbons (Fsp3) is 0.214. The molecule has 1 heterocycles. The van der Waals surface area contributed by atoms with Crippen molar-refractivity contribution in [1.29, 1.82) is 0 Å². The highest BCUT2D eigenvalue weighted by Crippen LogP contribution is 2.27. The quantitative estimate of drug-likeness (QED) is 0.798. The molecule has 0 fully saturated rings. The molecule has 3 N–H and O–H groups in total. The summed E-state index contributed by atoms with van der Waals surface area (Å²) in [6.07, 6.45) is 0. The summed E-state index contributed by atoms with van der Waals surface area (Å²) in [5, 5.41) is 0. The van der Waals surface area contributed by atoms with Gasteiger partial charge in [-0.2, -0.15) is 0 Å². The van der Waals surface area contributed by atoms with E-state index in [1.807, 2.05) is 26.0 Å². The van der Waals surface area contributed by atoms with Crippen LogP contribution in [0.5, 0.6) is 0 Å². The van der Waals surface area contributed by atoms with Gasteiger partial charge in [-0.3, -0.25) is 0 Å². The van der Waals surface area contributed by atoms with Gasteiger partial charge >= 0.3 is 5.97 Å². The van der Waals surface area contributed by atoms with Crippen LogP contribution in [0.3, 0.4) is 0 Å². The lowest BCUT2D eigenvalue weighted by Gasteiger charge is -2.04. The molecule has 0 unspecified atom stereocenters. The molecule has 1 aromatic heterocycles. The van der Waals surface area contributed by atoms with E-state index in [2.05, 4.69) is 15.8 Å². The predicted molar refractivity (Wildman–Crippen MR) is 71.5 cm³/mol. The minimum absolute atomic E-state index is 0.330. The van der Waals surface area contributed by atoms with Crippen LogP contribution in [0.2, 0.25) is 0 Å². The number of esters is 1. The Morgan fingerprint density at radius 3 is 2.61 bits per heavy atom. The number of carbonyl (C=O) groups excluding carboxylic acids is 1. The molecule has 2 rings (SSSR count). The van der Waals surface area contributed by atoms with Crippen molar-refractivity contribution in [3.63, 3.8) is 0 Å². The molecule has 0 saturated carbocycles. The van der Waals surface area contributed by atoms with Crippen molar-refractivity contribution < 1.29 is 9.53 Å². The molecule has 0 radical (unpaired) electrons. The number of H-pyrrole nitrogens is 1. The number of nitrogens with two attached hydrogens (primary N) is 1. The molecule has 1 aromatic carbocycles. The molecule has 4 nitrogen and oxygen atoms in total. The zero-order valence-corrected chi connectivity index (χ0v) is 10.7. The number of anilines is 1. The summed E-state index contributed by atoms with van der Waals surface area (Å²) in [5.74, 6) is -0.100. The van der Waals surface area contributed by atoms with Gasteiger partial charge in [-0.25, -0.2) is 4.79 Å². The summed E-state index contributed by atoms with van der Waals surface area (Å²) in [5.41, 5.74) is 10.3. The Kier molecular flexibility index (Phi) is 3.10. The van der Waals surface area contributed by atoms with E-state index in [0.717, 1.165) is 16.8 Å². The Balaban J connectivity index is 2.49. The molecule has 0 spiro atoms. The molecule has 2 aromatic rings. The third kappa shape index (κ3) is 2.09. The summed E-state index contributed by atoms with van der Waals surface area (Å²) in [6, 6.07) is 7.84. The highest BCUT2D eigenvalue weighted by Gasteiger charge is 2.15. The average Bonchev–Trinajstić information content (AvgIpc) is 2.70. The van der Waals surface area contributed by atoms with Crippen LogP contribution >= 0.6 is 0 Å². The standard InChI is InChI=1S/C14H16N2O2/c1-8-4-5-10(9(2)6-8)12-7-11(13(15)16-12)14(17)18-3/h4-7,16H,15H2,1-3H3. The van der Waals surface area contributed by atoms with Crippen LogP contribution in [0.25, 0.3) is 11.3 Å². The van der Waals surface area contributed by atoms with E-state index in [1.54, 1.807) is 6.07 Å². The molecule has 0 aliphatic carbocycles. The van der Waals surface area contributed by atoms with Crippen molar-refractivity contribution in [3.05, 3.63) is 41.0 Å². The zero-order valence-electron chi connectivity index (χ0n) is 10.7. The number of nitrogens with one attached hydrogen (secondary N) is 1. The number of rotatable bonds is 2. The molecule has 0 bridgehead atoms. The van der Waals surface area contributed by atoms with Gasteiger partial charge in [-0.05, 0) is 25.5 Å². The van der Waals surface area contributed by atoms with Crippen LogP contribution in [0.1, 0.15) is 21.5 Å². The van der Waals surface area contributed by atoms with Crippen LogP contribution in [0, 0.1) is 13.8 Å². The van der Waals surface area contributed by atoms with Gasteiger partial charge in [0.2, 0.25) is 0 Å². The highest BCUT2D eigenvalue weighted by molar-refractivity contribution is 5.96. The van der Waals surface area contributed by atoms with Gasteiger partial charge in [0.25, 0.3) is 0 Å². The zero-order chi connectivity index (χ0) is 13.3. The molecule has 0 amide bonds. The normalized spacial score (nSPS) is 10.4. The lowest BCUT2D eigenvalue weighted by atomic mass is 10.0. The van der Waals surface area contributed by atoms with Crippen molar-refractivity contribution in [3.8, 4) is 11.3 Å². The Labute approximate surface area is 106 Å². The van der Waals surface area contributed by atoms with E-state index in [9.17, 15) is 4.79 Å². The van der Waals surface area contributed by atoms with E-state index in [4.69, 9.17) is 5.73 Å². The number of ether oxygens (including phenoxy) is 1. The first kappa shape index (κ1) is 12.2. The highest BCUT2D eigenvalue weighted by atomic mass is 16.5. The van der Waals surface area contributed by atoms with Crippen molar-refractivity contribution >= 4 is 11.8 Å². The van der Waals surface area contributed by atoms with Crippen LogP contribution < -0.4 is 5.73 Å². The average molecular weight is 244 g/mol. The SMILES string of the molecule is COC(=O)c1cc(-c2ccc(C)cc2C)[nH]c1N. The van der Waals surface area contributed by atoms with Gasteiger partial charge in [0.15, 0.2) is 0 Å². The number of benzene rings is 1. The number of aromatic amines is 1. The molecule has 4 heteroatoms. The predicted octanol–water partition coefficient (Wildman–Crippen LogP) is 2.67. The maximum absolute atomic E-state index is 11.5. The van der Waals surface area contributed by atoms with Crippen LogP contribution in [-0.2, 0) is 4.74 Å². The van der Waals surface area contributed by atoms with E-state index >= 15 is 0 Å². The first-order chi connectivity index (χ1) is 8.52. The fourth-order valence-corrected chi connectivity index (χ4v) is 2.01. The number of methoxy groups -OCH3 is 1. The Morgan fingerprint density at radius 2 is 2.00 bits per heavy atom. The molecule has 94 valence electrons. The van der Waals surface area contributed by atoms with Gasteiger partial charge in [0.05, 0.1) is 7.11 Å². The van der Waals surface area contributed by atoms with E-state index in [0.29, 0.717) is 11.4 Å². The van der Waals surface area contributed by atoms with E-state index in [-0.39, 0.29) is 0 Å². The number of hydrogen-bond donors (Lipinski definition) is 2. The third-order valence-electron chi connectivity index (χ3n) is 2.93. The minimum atomic E-state index is -0.431. The molecule has 0 aliphatic heterocycles. The second-order valence-electron chi connectivity index (χ2n) is 4.32. The summed E-state index contributed by atoms with van der Waals surface area (Å²) < 4.78 is 4.68. The molecule has 0 aliphatic rings. The van der Waals surface area contributed by atoms with Crippen LogP contribution in [0.15, 0.2) is 24.3 Å². The summed E-state index contributed by atoms with van der Waals surface area (Å²) >= 11 is 0. The second kappa shape index (κ2) is 4.56. The summed E-state index contributed by atoms with van der Waals surface area (Å²) in [4.78, 5) is 14.5. The summed E-state index contributed by atoms with van der Waals surface area (Å²) in [6.45, 7) is 4.07. The monoisotopic (exact) mass is 244 g/mol. The molecule has 0 saturated heterocycles. The lowest BCUT2D eigenvalue weighted by Crippen LogP contribution is -2.02. The van der Waals surface area contributed by atoms with Gasteiger partial charge in [-0.1, -0.05) is 23.8 Å². The molecular weight excluding hydrogens is 228 g/mol. The van der Waals surface area contributed by atoms with Crippen molar-refractivity contribution in [2.45, 2.75) is 13.8 Å². The smallest absolute Gasteiger partial charge is 0.341 e. The molecular formula is C14H16N2O2. The third-order valence-corrected chi connectivity index (χ3v) is 2.93. The summed E-state index contributed by atoms with van der Waals surface area (Å²) in [7, 11) is 1.34. The fourth-order valence-electron chi connectivity index (χ4n) is 2.01. The first-order valence-electron chi connectivity index (χ1n) is 5.67. The number of nitrogen functional groups attached to an aromatic ring is 1. The Hall–Kier alpha value is -2.23. The van der Waals surface area contributed by atoms with Crippen molar-refractivity contribution in [2.75, 3.05) is 12.8 Å². The molecule has 18 heavy (non-hydrogen) atoms. The van der Waals surface area contributed by atoms with Gasteiger partial charge in [0, 0.05) is 11.3 Å². The Morgan fingerprint density at radius 1 is 1.28 bits per heavy atom. The number of hydrogen-bond acceptors (Lipinski definition) is 3. The number of aryl methyl sites for hydroxylation is 2.